The van der Waals surface area contributed by atoms with Gasteiger partial charge in [0.25, 0.3) is 0 Å². The zero-order valence-electron chi connectivity index (χ0n) is 12.4. The molecule has 0 aromatic carbocycles. The van der Waals surface area contributed by atoms with Crippen LogP contribution in [0.2, 0.25) is 0 Å². The van der Waals surface area contributed by atoms with Gasteiger partial charge in [-0.1, -0.05) is 6.92 Å². The summed E-state index contributed by atoms with van der Waals surface area (Å²) >= 11 is 0. The Hall–Kier alpha value is -0.650. The van der Waals surface area contributed by atoms with Gasteiger partial charge in [-0.2, -0.15) is 0 Å². The van der Waals surface area contributed by atoms with Crippen molar-refractivity contribution < 1.29 is 14.6 Å². The Kier molecular flexibility index (Phi) is 6.75. The average molecular weight is 272 g/mol. The van der Waals surface area contributed by atoms with Crippen LogP contribution in [-0.4, -0.2) is 60.4 Å². The van der Waals surface area contributed by atoms with Crippen molar-refractivity contribution in [2.75, 3.05) is 32.8 Å². The number of carboxylic acids is 1. The zero-order chi connectivity index (χ0) is 14.3. The molecule has 0 aromatic heterocycles. The minimum Gasteiger partial charge on any atom is -0.480 e. The van der Waals surface area contributed by atoms with E-state index in [2.05, 4.69) is 17.1 Å². The van der Waals surface area contributed by atoms with Gasteiger partial charge in [0.2, 0.25) is 0 Å². The zero-order valence-corrected chi connectivity index (χ0v) is 12.4. The van der Waals surface area contributed by atoms with Gasteiger partial charge < -0.3 is 15.2 Å². The smallest absolute Gasteiger partial charge is 0.323 e. The van der Waals surface area contributed by atoms with E-state index in [1.165, 1.54) is 0 Å². The summed E-state index contributed by atoms with van der Waals surface area (Å²) < 4.78 is 5.50. The van der Waals surface area contributed by atoms with E-state index in [0.717, 1.165) is 45.6 Å². The van der Waals surface area contributed by atoms with Crippen LogP contribution in [0.1, 0.15) is 40.0 Å². The monoisotopic (exact) mass is 272 g/mol. The van der Waals surface area contributed by atoms with E-state index in [0.29, 0.717) is 6.42 Å². The molecular formula is C14H28N2O3. The van der Waals surface area contributed by atoms with Gasteiger partial charge in [0.1, 0.15) is 5.54 Å². The number of hydrogen-bond donors (Lipinski definition) is 2. The highest BCUT2D eigenvalue weighted by atomic mass is 16.5. The molecule has 0 bridgehead atoms. The molecule has 0 radical (unpaired) electrons. The molecule has 1 heterocycles. The van der Waals surface area contributed by atoms with E-state index in [1.807, 2.05) is 6.92 Å². The van der Waals surface area contributed by atoms with E-state index in [1.54, 1.807) is 6.92 Å². The fraction of sp³-hybridized carbons (Fsp3) is 0.929. The lowest BCUT2D eigenvalue weighted by Crippen LogP contribution is -2.50. The maximum absolute atomic E-state index is 11.4. The normalized spacial score (nSPS) is 24.1. The van der Waals surface area contributed by atoms with Crippen molar-refractivity contribution in [3.05, 3.63) is 0 Å². The molecule has 1 fully saturated rings. The second-order valence-electron chi connectivity index (χ2n) is 5.65. The maximum Gasteiger partial charge on any atom is 0.323 e. The lowest BCUT2D eigenvalue weighted by atomic mass is 9.95. The Balaban J connectivity index is 2.33. The first kappa shape index (κ1) is 16.4. The van der Waals surface area contributed by atoms with Crippen LogP contribution < -0.4 is 5.32 Å². The Bertz CT molecular complexity index is 286. The van der Waals surface area contributed by atoms with Crippen LogP contribution in [0.3, 0.4) is 0 Å². The highest BCUT2D eigenvalue weighted by molar-refractivity contribution is 5.78. The number of aliphatic carboxylic acids is 1. The van der Waals surface area contributed by atoms with Gasteiger partial charge >= 0.3 is 5.97 Å². The van der Waals surface area contributed by atoms with Crippen molar-refractivity contribution in [2.24, 2.45) is 0 Å². The largest absolute Gasteiger partial charge is 0.480 e. The molecule has 1 aliphatic rings. The molecule has 2 atom stereocenters. The Morgan fingerprint density at radius 2 is 2.32 bits per heavy atom. The number of morpholine rings is 1. The molecule has 1 rings (SSSR count). The molecule has 0 aromatic rings. The van der Waals surface area contributed by atoms with Gasteiger partial charge in [-0.05, 0) is 46.2 Å². The summed E-state index contributed by atoms with van der Waals surface area (Å²) in [4.78, 5) is 13.7. The summed E-state index contributed by atoms with van der Waals surface area (Å²) in [5.74, 6) is -0.753. The van der Waals surface area contributed by atoms with Gasteiger partial charge in [0.05, 0.1) is 12.7 Å². The first-order valence-electron chi connectivity index (χ1n) is 7.30. The number of ether oxygens (including phenoxy) is 1. The SMILES string of the molecule is CCCNC(C)(CCCN1CCOC(C)C1)C(=O)O. The van der Waals surface area contributed by atoms with Crippen molar-refractivity contribution >= 4 is 5.97 Å². The number of carboxylic acid groups (broad SMARTS) is 1. The summed E-state index contributed by atoms with van der Waals surface area (Å²) in [6, 6.07) is 0. The second kappa shape index (κ2) is 7.82. The number of rotatable bonds is 8. The predicted molar refractivity (Wildman–Crippen MR) is 75.4 cm³/mol. The Labute approximate surface area is 116 Å². The minimum absolute atomic E-state index is 0.290. The van der Waals surface area contributed by atoms with Crippen LogP contribution in [0.5, 0.6) is 0 Å². The lowest BCUT2D eigenvalue weighted by Gasteiger charge is -2.32. The van der Waals surface area contributed by atoms with Crippen LogP contribution in [0, 0.1) is 0 Å². The Morgan fingerprint density at radius 1 is 1.58 bits per heavy atom. The molecule has 5 nitrogen and oxygen atoms in total. The van der Waals surface area contributed by atoms with E-state index >= 15 is 0 Å². The van der Waals surface area contributed by atoms with Crippen molar-refractivity contribution in [1.29, 1.82) is 0 Å². The molecule has 0 amide bonds. The van der Waals surface area contributed by atoms with E-state index in [-0.39, 0.29) is 6.10 Å². The predicted octanol–water partition coefficient (Wildman–Crippen LogP) is 1.33. The maximum atomic E-state index is 11.4. The van der Waals surface area contributed by atoms with E-state index in [9.17, 15) is 9.90 Å². The molecule has 2 N–H and O–H groups in total. The molecule has 112 valence electrons. The molecular weight excluding hydrogens is 244 g/mol. The van der Waals surface area contributed by atoms with Crippen molar-refractivity contribution in [1.82, 2.24) is 10.2 Å². The lowest BCUT2D eigenvalue weighted by molar-refractivity contribution is -0.144. The molecule has 1 aliphatic heterocycles. The number of carbonyl (C=O) groups is 1. The third kappa shape index (κ3) is 5.47. The highest BCUT2D eigenvalue weighted by Gasteiger charge is 2.31. The van der Waals surface area contributed by atoms with Crippen molar-refractivity contribution in [3.63, 3.8) is 0 Å². The van der Waals surface area contributed by atoms with Gasteiger partial charge in [-0.3, -0.25) is 9.69 Å². The third-order valence-electron chi connectivity index (χ3n) is 3.71. The van der Waals surface area contributed by atoms with Gasteiger partial charge in [-0.15, -0.1) is 0 Å². The molecule has 1 saturated heterocycles. The summed E-state index contributed by atoms with van der Waals surface area (Å²) in [5, 5.41) is 12.5. The summed E-state index contributed by atoms with van der Waals surface area (Å²) in [6.07, 6.45) is 2.79. The molecule has 2 unspecified atom stereocenters. The fourth-order valence-electron chi connectivity index (χ4n) is 2.42. The van der Waals surface area contributed by atoms with Gasteiger partial charge in [0, 0.05) is 13.1 Å². The standard InChI is InChI=1S/C14H28N2O3/c1-4-7-15-14(3,13(17)18)6-5-8-16-9-10-19-12(2)11-16/h12,15H,4-11H2,1-3H3,(H,17,18). The number of hydrogen-bond acceptors (Lipinski definition) is 4. The molecule has 0 aliphatic carbocycles. The summed E-state index contributed by atoms with van der Waals surface area (Å²) in [6.45, 7) is 10.3. The van der Waals surface area contributed by atoms with Crippen LogP contribution in [0.4, 0.5) is 0 Å². The first-order chi connectivity index (χ1) is 8.98. The topological polar surface area (TPSA) is 61.8 Å². The molecule has 19 heavy (non-hydrogen) atoms. The molecule has 0 saturated carbocycles. The van der Waals surface area contributed by atoms with Crippen molar-refractivity contribution in [3.8, 4) is 0 Å². The first-order valence-corrected chi connectivity index (χ1v) is 7.30. The second-order valence-corrected chi connectivity index (χ2v) is 5.65. The Morgan fingerprint density at radius 3 is 2.89 bits per heavy atom. The van der Waals surface area contributed by atoms with Crippen LogP contribution >= 0.6 is 0 Å². The summed E-state index contributed by atoms with van der Waals surface area (Å²) in [7, 11) is 0. The number of nitrogens with one attached hydrogen (secondary N) is 1. The van der Waals surface area contributed by atoms with Crippen molar-refractivity contribution in [2.45, 2.75) is 51.7 Å². The van der Waals surface area contributed by atoms with E-state index < -0.39 is 11.5 Å². The summed E-state index contributed by atoms with van der Waals surface area (Å²) in [5.41, 5.74) is -0.798. The average Bonchev–Trinajstić information content (AvgIpc) is 2.36. The third-order valence-corrected chi connectivity index (χ3v) is 3.71. The van der Waals surface area contributed by atoms with Crippen LogP contribution in [0.25, 0.3) is 0 Å². The van der Waals surface area contributed by atoms with Crippen LogP contribution in [0.15, 0.2) is 0 Å². The number of nitrogens with zero attached hydrogens (tertiary/aromatic N) is 1. The minimum atomic E-state index is -0.798. The van der Waals surface area contributed by atoms with Gasteiger partial charge in [0.15, 0.2) is 0 Å². The van der Waals surface area contributed by atoms with Crippen LogP contribution in [-0.2, 0) is 9.53 Å². The highest BCUT2D eigenvalue weighted by Crippen LogP contribution is 2.14. The molecule has 5 heteroatoms. The van der Waals surface area contributed by atoms with Gasteiger partial charge in [-0.25, -0.2) is 0 Å². The van der Waals surface area contributed by atoms with E-state index in [4.69, 9.17) is 4.74 Å². The fourth-order valence-corrected chi connectivity index (χ4v) is 2.42. The quantitative estimate of drug-likeness (QED) is 0.698. The molecule has 0 spiro atoms.